The molecule has 0 aliphatic heterocycles. The highest BCUT2D eigenvalue weighted by molar-refractivity contribution is 8.00. The average molecular weight is 304 g/mol. The fourth-order valence-corrected chi connectivity index (χ4v) is 3.40. The number of rotatable bonds is 7. The molecule has 106 valence electrons. The number of carbonyl (C=O) groups is 1. The van der Waals surface area contributed by atoms with Crippen molar-refractivity contribution in [2.45, 2.75) is 4.90 Å². The second-order valence-corrected chi connectivity index (χ2v) is 6.73. The molecule has 0 aliphatic rings. The van der Waals surface area contributed by atoms with E-state index in [1.54, 1.807) is 12.1 Å². The van der Waals surface area contributed by atoms with Gasteiger partial charge in [-0.3, -0.25) is 4.79 Å². The second-order valence-electron chi connectivity index (χ2n) is 3.63. The predicted octanol–water partition coefficient (Wildman–Crippen LogP) is 0.453. The number of hydrogen-bond acceptors (Lipinski definition) is 6. The first kappa shape index (κ1) is 15.8. The lowest BCUT2D eigenvalue weighted by atomic mass is 10.3. The van der Waals surface area contributed by atoms with Crippen molar-refractivity contribution in [2.75, 3.05) is 30.9 Å². The molecule has 0 fully saturated rings. The van der Waals surface area contributed by atoms with E-state index in [4.69, 9.17) is 5.73 Å². The van der Waals surface area contributed by atoms with Crippen LogP contribution in [0.25, 0.3) is 0 Å². The average Bonchev–Trinajstić information content (AvgIpc) is 2.38. The normalized spacial score (nSPS) is 11.2. The minimum absolute atomic E-state index is 0.0704. The Hall–Kier alpha value is -1.25. The van der Waals surface area contributed by atoms with E-state index in [2.05, 4.69) is 9.46 Å². The molecule has 0 atom stereocenters. The molecule has 1 aromatic rings. The van der Waals surface area contributed by atoms with Gasteiger partial charge in [0.1, 0.15) is 6.54 Å². The maximum absolute atomic E-state index is 11.5. The Morgan fingerprint density at radius 3 is 2.58 bits per heavy atom. The number of nitrogens with two attached hydrogens (primary N) is 1. The van der Waals surface area contributed by atoms with E-state index in [0.29, 0.717) is 11.4 Å². The number of esters is 1. The minimum atomic E-state index is -3.46. The number of thioether (sulfide) groups is 1. The Balaban J connectivity index is 2.35. The smallest absolute Gasteiger partial charge is 0.320 e. The van der Waals surface area contributed by atoms with Crippen LogP contribution in [0.3, 0.4) is 0 Å². The molecule has 0 aliphatic carbocycles. The summed E-state index contributed by atoms with van der Waals surface area (Å²) >= 11 is 1.41. The third kappa shape index (κ3) is 6.46. The zero-order chi connectivity index (χ0) is 14.3. The Kier molecular flexibility index (Phi) is 6.13. The quantitative estimate of drug-likeness (QED) is 0.431. The molecule has 1 aromatic carbocycles. The van der Waals surface area contributed by atoms with Crippen LogP contribution in [0, 0.1) is 0 Å². The number of hydrogen-bond donors (Lipinski definition) is 2. The Labute approximate surface area is 116 Å². The van der Waals surface area contributed by atoms with Crippen LogP contribution in [-0.2, 0) is 19.6 Å². The fraction of sp³-hybridized carbons (Fsp3) is 0.364. The van der Waals surface area contributed by atoms with Gasteiger partial charge in [-0.1, -0.05) is 0 Å². The Bertz CT molecular complexity index is 514. The SMILES string of the molecule is COC(=O)CNS(=O)(=O)CCSc1ccc(N)cc1. The van der Waals surface area contributed by atoms with Crippen molar-refractivity contribution >= 4 is 33.4 Å². The molecule has 0 saturated heterocycles. The number of benzene rings is 1. The van der Waals surface area contributed by atoms with E-state index >= 15 is 0 Å². The van der Waals surface area contributed by atoms with Crippen LogP contribution in [0.2, 0.25) is 0 Å². The number of nitrogens with one attached hydrogen (secondary N) is 1. The van der Waals surface area contributed by atoms with Gasteiger partial charge in [0.2, 0.25) is 10.0 Å². The standard InChI is InChI=1S/C11H16N2O4S2/c1-17-11(14)8-13-19(15,16)7-6-18-10-4-2-9(12)3-5-10/h2-5,13H,6-8,12H2,1H3. The van der Waals surface area contributed by atoms with Crippen molar-refractivity contribution < 1.29 is 17.9 Å². The van der Waals surface area contributed by atoms with Gasteiger partial charge in [0, 0.05) is 16.3 Å². The van der Waals surface area contributed by atoms with E-state index in [-0.39, 0.29) is 12.3 Å². The van der Waals surface area contributed by atoms with E-state index < -0.39 is 16.0 Å². The topological polar surface area (TPSA) is 98.5 Å². The van der Waals surface area contributed by atoms with Crippen molar-refractivity contribution in [1.29, 1.82) is 0 Å². The zero-order valence-electron chi connectivity index (χ0n) is 10.5. The van der Waals surface area contributed by atoms with Gasteiger partial charge in [0.05, 0.1) is 12.9 Å². The van der Waals surface area contributed by atoms with Crippen molar-refractivity contribution in [3.05, 3.63) is 24.3 Å². The summed E-state index contributed by atoms with van der Waals surface area (Å²) in [7, 11) is -2.26. The number of sulfonamides is 1. The van der Waals surface area contributed by atoms with E-state index in [9.17, 15) is 13.2 Å². The molecule has 0 saturated carbocycles. The summed E-state index contributed by atoms with van der Waals surface area (Å²) in [6, 6.07) is 7.17. The van der Waals surface area contributed by atoms with Crippen LogP contribution in [0.1, 0.15) is 0 Å². The molecule has 1 rings (SSSR count). The predicted molar refractivity (Wildman–Crippen MR) is 75.4 cm³/mol. The van der Waals surface area contributed by atoms with E-state index in [1.165, 1.54) is 18.9 Å². The molecule has 6 nitrogen and oxygen atoms in total. The third-order valence-corrected chi connectivity index (χ3v) is 4.76. The second kappa shape index (κ2) is 7.37. The third-order valence-electron chi connectivity index (χ3n) is 2.16. The molecular formula is C11H16N2O4S2. The molecule has 0 spiro atoms. The number of methoxy groups -OCH3 is 1. The number of carbonyl (C=O) groups excluding carboxylic acids is 1. The van der Waals surface area contributed by atoms with Crippen LogP contribution >= 0.6 is 11.8 Å². The van der Waals surface area contributed by atoms with Crippen molar-refractivity contribution in [2.24, 2.45) is 0 Å². The zero-order valence-corrected chi connectivity index (χ0v) is 12.1. The van der Waals surface area contributed by atoms with Gasteiger partial charge in [0.25, 0.3) is 0 Å². The first-order valence-corrected chi connectivity index (χ1v) is 8.09. The fourth-order valence-electron chi connectivity index (χ4n) is 1.15. The first-order chi connectivity index (χ1) is 8.93. The van der Waals surface area contributed by atoms with Gasteiger partial charge >= 0.3 is 5.97 Å². The summed E-state index contributed by atoms with van der Waals surface area (Å²) in [5, 5.41) is 0. The summed E-state index contributed by atoms with van der Waals surface area (Å²) in [4.78, 5) is 11.8. The molecule has 3 N–H and O–H groups in total. The number of nitrogen functional groups attached to an aromatic ring is 1. The molecule has 0 aromatic heterocycles. The molecular weight excluding hydrogens is 288 g/mol. The maximum Gasteiger partial charge on any atom is 0.320 e. The molecule has 0 unspecified atom stereocenters. The molecule has 8 heteroatoms. The van der Waals surface area contributed by atoms with Gasteiger partial charge in [-0.05, 0) is 24.3 Å². The van der Waals surface area contributed by atoms with Gasteiger partial charge in [-0.2, -0.15) is 0 Å². The van der Waals surface area contributed by atoms with Crippen molar-refractivity contribution in [3.8, 4) is 0 Å². The lowest BCUT2D eigenvalue weighted by Crippen LogP contribution is -2.32. The van der Waals surface area contributed by atoms with Crippen LogP contribution in [0.5, 0.6) is 0 Å². The van der Waals surface area contributed by atoms with Gasteiger partial charge < -0.3 is 10.5 Å². The Morgan fingerprint density at radius 2 is 2.00 bits per heavy atom. The molecule has 0 bridgehead atoms. The highest BCUT2D eigenvalue weighted by atomic mass is 32.2. The van der Waals surface area contributed by atoms with Gasteiger partial charge in [-0.25, -0.2) is 13.1 Å². The summed E-state index contributed by atoms with van der Waals surface area (Å²) in [5.41, 5.74) is 6.21. The highest BCUT2D eigenvalue weighted by Crippen LogP contribution is 2.19. The lowest BCUT2D eigenvalue weighted by molar-refractivity contribution is -0.139. The Morgan fingerprint density at radius 1 is 1.37 bits per heavy atom. The number of anilines is 1. The summed E-state index contributed by atoms with van der Waals surface area (Å²) in [5.74, 6) is -0.297. The van der Waals surface area contributed by atoms with E-state index in [1.807, 2.05) is 12.1 Å². The number of ether oxygens (including phenoxy) is 1. The van der Waals surface area contributed by atoms with Crippen LogP contribution in [0.15, 0.2) is 29.2 Å². The van der Waals surface area contributed by atoms with E-state index in [0.717, 1.165) is 4.90 Å². The highest BCUT2D eigenvalue weighted by Gasteiger charge is 2.12. The van der Waals surface area contributed by atoms with Gasteiger partial charge in [0.15, 0.2) is 0 Å². The minimum Gasteiger partial charge on any atom is -0.468 e. The lowest BCUT2D eigenvalue weighted by Gasteiger charge is -2.05. The maximum atomic E-state index is 11.5. The van der Waals surface area contributed by atoms with Crippen LogP contribution < -0.4 is 10.5 Å². The molecule has 19 heavy (non-hydrogen) atoms. The van der Waals surface area contributed by atoms with Crippen LogP contribution in [0.4, 0.5) is 5.69 Å². The molecule has 0 heterocycles. The monoisotopic (exact) mass is 304 g/mol. The molecule has 0 amide bonds. The van der Waals surface area contributed by atoms with Gasteiger partial charge in [-0.15, -0.1) is 11.8 Å². The molecule has 0 radical (unpaired) electrons. The first-order valence-electron chi connectivity index (χ1n) is 5.45. The largest absolute Gasteiger partial charge is 0.468 e. The van der Waals surface area contributed by atoms with Crippen molar-refractivity contribution in [1.82, 2.24) is 4.72 Å². The van der Waals surface area contributed by atoms with Crippen LogP contribution in [-0.4, -0.2) is 39.5 Å². The summed E-state index contributed by atoms with van der Waals surface area (Å²) in [6.45, 7) is -0.342. The summed E-state index contributed by atoms with van der Waals surface area (Å²) in [6.07, 6.45) is 0. The van der Waals surface area contributed by atoms with Crippen molar-refractivity contribution in [3.63, 3.8) is 0 Å². The summed E-state index contributed by atoms with van der Waals surface area (Å²) < 4.78 is 29.6.